The minimum Gasteiger partial charge on any atom is -0.453 e. The van der Waals surface area contributed by atoms with Crippen LogP contribution in [0.15, 0.2) is 102 Å². The Balaban J connectivity index is 1.21. The van der Waals surface area contributed by atoms with Crippen molar-refractivity contribution in [2.24, 2.45) is 0 Å². The maximum Gasteiger partial charge on any atom is 0.284 e. The van der Waals surface area contributed by atoms with E-state index in [2.05, 4.69) is 20.7 Å². The topological polar surface area (TPSA) is 115 Å². The van der Waals surface area contributed by atoms with Crippen molar-refractivity contribution in [3.05, 3.63) is 130 Å². The summed E-state index contributed by atoms with van der Waals surface area (Å²) in [6, 6.07) is 20.9. The second kappa shape index (κ2) is 11.9. The van der Waals surface area contributed by atoms with Crippen molar-refractivity contribution in [2.75, 3.05) is 12.4 Å². The summed E-state index contributed by atoms with van der Waals surface area (Å²) in [6.45, 7) is 0. The molecule has 0 aliphatic heterocycles. The van der Waals surface area contributed by atoms with Crippen LogP contribution in [0.1, 0.15) is 20.7 Å². The number of rotatable bonds is 7. The fourth-order valence-electron chi connectivity index (χ4n) is 4.40. The van der Waals surface area contributed by atoms with Gasteiger partial charge in [0.05, 0.1) is 15.9 Å². The number of fused-ring (bicyclic) bond motifs is 1. The highest BCUT2D eigenvalue weighted by atomic mass is 32.1. The smallest absolute Gasteiger partial charge is 0.284 e. The molecule has 0 bridgehead atoms. The molecule has 6 rings (SSSR count). The average Bonchev–Trinajstić information content (AvgIpc) is 3.48. The first-order chi connectivity index (χ1) is 21.3. The van der Waals surface area contributed by atoms with Gasteiger partial charge < -0.3 is 15.4 Å². The quantitative estimate of drug-likeness (QED) is 0.223. The Morgan fingerprint density at radius 2 is 1.64 bits per heavy atom. The molecule has 0 spiro atoms. The van der Waals surface area contributed by atoms with Crippen molar-refractivity contribution in [1.29, 1.82) is 0 Å². The molecule has 9 nitrogen and oxygen atoms in total. The van der Waals surface area contributed by atoms with Crippen LogP contribution < -0.4 is 20.9 Å². The van der Waals surface area contributed by atoms with Crippen LogP contribution in [0, 0.1) is 11.6 Å². The second-order valence-electron chi connectivity index (χ2n) is 9.43. The maximum atomic E-state index is 15.2. The standard InChI is InChI=1S/C32H21F2N5O4S/c1-35-30(40)19-4-2-18(3-5-19)28-17-25-29(44-28)27(13-14-36-25)43-26-11-8-21(16-24(26)34)38-31(41)23-12-15-37-39(32(23)42)22-9-6-20(33)7-10-22/h2-17H,1H3,(H,35,40)(H,38,41). The summed E-state index contributed by atoms with van der Waals surface area (Å²) in [6.07, 6.45) is 2.82. The summed E-state index contributed by atoms with van der Waals surface area (Å²) in [7, 11) is 1.57. The molecule has 0 aliphatic rings. The lowest BCUT2D eigenvalue weighted by Crippen LogP contribution is -2.29. The van der Waals surface area contributed by atoms with Gasteiger partial charge in [0, 0.05) is 47.7 Å². The van der Waals surface area contributed by atoms with E-state index in [0.29, 0.717) is 21.5 Å². The van der Waals surface area contributed by atoms with Gasteiger partial charge in [-0.2, -0.15) is 9.78 Å². The van der Waals surface area contributed by atoms with Crippen LogP contribution in [0.25, 0.3) is 26.3 Å². The van der Waals surface area contributed by atoms with E-state index in [1.165, 1.54) is 60.0 Å². The summed E-state index contributed by atoms with van der Waals surface area (Å²) in [5.74, 6) is -1.87. The van der Waals surface area contributed by atoms with E-state index in [9.17, 15) is 18.8 Å². The van der Waals surface area contributed by atoms with E-state index in [4.69, 9.17) is 4.74 Å². The van der Waals surface area contributed by atoms with E-state index >= 15 is 4.39 Å². The zero-order valence-corrected chi connectivity index (χ0v) is 23.7. The zero-order chi connectivity index (χ0) is 30.8. The maximum absolute atomic E-state index is 15.2. The molecule has 3 heterocycles. The van der Waals surface area contributed by atoms with E-state index in [-0.39, 0.29) is 28.6 Å². The molecular formula is C32H21F2N5O4S. The Hall–Kier alpha value is -5.75. The number of ether oxygens (including phenoxy) is 1. The summed E-state index contributed by atoms with van der Waals surface area (Å²) >= 11 is 1.41. The molecule has 6 aromatic rings. The van der Waals surface area contributed by atoms with Gasteiger partial charge in [0.1, 0.15) is 17.1 Å². The van der Waals surface area contributed by atoms with Gasteiger partial charge in [-0.25, -0.2) is 8.78 Å². The number of aromatic nitrogens is 3. The Bertz CT molecular complexity index is 2090. The number of hydrogen-bond donors (Lipinski definition) is 2. The number of amides is 2. The molecule has 0 radical (unpaired) electrons. The second-order valence-corrected chi connectivity index (χ2v) is 10.5. The molecular weight excluding hydrogens is 588 g/mol. The highest BCUT2D eigenvalue weighted by Gasteiger charge is 2.17. The van der Waals surface area contributed by atoms with Crippen molar-refractivity contribution in [3.8, 4) is 27.6 Å². The van der Waals surface area contributed by atoms with Gasteiger partial charge in [-0.1, -0.05) is 12.1 Å². The third-order valence-corrected chi connectivity index (χ3v) is 7.79. The van der Waals surface area contributed by atoms with Gasteiger partial charge in [0.25, 0.3) is 17.4 Å². The lowest BCUT2D eigenvalue weighted by atomic mass is 10.1. The molecule has 3 aromatic carbocycles. The summed E-state index contributed by atoms with van der Waals surface area (Å²) in [5.41, 5.74) is 1.50. The first-order valence-electron chi connectivity index (χ1n) is 13.1. The Morgan fingerprint density at radius 3 is 2.36 bits per heavy atom. The number of thiophene rings is 1. The van der Waals surface area contributed by atoms with Crippen molar-refractivity contribution in [3.63, 3.8) is 0 Å². The number of carbonyl (C=O) groups excluding carboxylic acids is 2. The number of nitrogens with one attached hydrogen (secondary N) is 2. The number of carbonyl (C=O) groups is 2. The van der Waals surface area contributed by atoms with Gasteiger partial charge in [-0.3, -0.25) is 19.4 Å². The average molecular weight is 610 g/mol. The molecule has 0 aliphatic carbocycles. The van der Waals surface area contributed by atoms with Crippen molar-refractivity contribution >= 4 is 39.1 Å². The van der Waals surface area contributed by atoms with E-state index in [1.54, 1.807) is 31.4 Å². The number of hydrogen-bond acceptors (Lipinski definition) is 7. The molecule has 2 N–H and O–H groups in total. The van der Waals surface area contributed by atoms with Crippen LogP contribution in [0.4, 0.5) is 14.5 Å². The Labute approximate surface area is 252 Å². The summed E-state index contributed by atoms with van der Waals surface area (Å²) < 4.78 is 36.0. The molecule has 0 saturated carbocycles. The SMILES string of the molecule is CNC(=O)c1ccc(-c2cc3nccc(Oc4ccc(NC(=O)c5ccnn(-c6ccc(F)cc6)c5=O)cc4F)c3s2)cc1. The largest absolute Gasteiger partial charge is 0.453 e. The fourth-order valence-corrected chi connectivity index (χ4v) is 5.47. The van der Waals surface area contributed by atoms with Crippen LogP contribution in [-0.4, -0.2) is 33.6 Å². The monoisotopic (exact) mass is 609 g/mol. The lowest BCUT2D eigenvalue weighted by molar-refractivity contribution is 0.0962. The molecule has 3 aromatic heterocycles. The molecule has 0 saturated heterocycles. The number of anilines is 1. The number of halogens is 2. The van der Waals surface area contributed by atoms with Gasteiger partial charge in [0.2, 0.25) is 0 Å². The van der Waals surface area contributed by atoms with Crippen LogP contribution in [0.3, 0.4) is 0 Å². The van der Waals surface area contributed by atoms with Gasteiger partial charge in [0.15, 0.2) is 11.6 Å². The summed E-state index contributed by atoms with van der Waals surface area (Å²) in [5, 5.41) is 9.06. The third-order valence-electron chi connectivity index (χ3n) is 6.61. The van der Waals surface area contributed by atoms with Crippen molar-refractivity contribution in [2.45, 2.75) is 0 Å². The number of nitrogens with zero attached hydrogens (tertiary/aromatic N) is 3. The Kier molecular flexibility index (Phi) is 7.65. The van der Waals surface area contributed by atoms with Crippen molar-refractivity contribution in [1.82, 2.24) is 20.1 Å². The zero-order valence-electron chi connectivity index (χ0n) is 22.9. The molecule has 0 unspecified atom stereocenters. The highest BCUT2D eigenvalue weighted by Crippen LogP contribution is 2.39. The fraction of sp³-hybridized carbons (Fsp3) is 0.0312. The predicted octanol–water partition coefficient (Wildman–Crippen LogP) is 6.19. The molecule has 218 valence electrons. The van der Waals surface area contributed by atoms with Crippen molar-refractivity contribution < 1.29 is 23.1 Å². The normalized spacial score (nSPS) is 10.9. The minimum atomic E-state index is -0.772. The van der Waals surface area contributed by atoms with Gasteiger partial charge >= 0.3 is 0 Å². The minimum absolute atomic E-state index is 0.0806. The van der Waals surface area contributed by atoms with E-state index in [1.807, 2.05) is 18.2 Å². The van der Waals surface area contributed by atoms with Crippen LogP contribution >= 0.6 is 11.3 Å². The Morgan fingerprint density at radius 1 is 0.864 bits per heavy atom. The highest BCUT2D eigenvalue weighted by molar-refractivity contribution is 7.22. The third kappa shape index (κ3) is 5.65. The number of pyridine rings is 1. The molecule has 12 heteroatoms. The van der Waals surface area contributed by atoms with Crippen LogP contribution in [0.5, 0.6) is 11.5 Å². The lowest BCUT2D eigenvalue weighted by Gasteiger charge is -2.10. The molecule has 0 atom stereocenters. The molecule has 2 amide bonds. The van der Waals surface area contributed by atoms with E-state index in [0.717, 1.165) is 21.2 Å². The van der Waals surface area contributed by atoms with E-state index < -0.39 is 23.1 Å². The van der Waals surface area contributed by atoms with Gasteiger partial charge in [-0.15, -0.1) is 11.3 Å². The first-order valence-corrected chi connectivity index (χ1v) is 14.0. The predicted molar refractivity (Wildman–Crippen MR) is 163 cm³/mol. The number of benzene rings is 3. The molecule has 44 heavy (non-hydrogen) atoms. The van der Waals surface area contributed by atoms with Crippen LogP contribution in [0.2, 0.25) is 0 Å². The summed E-state index contributed by atoms with van der Waals surface area (Å²) in [4.78, 5) is 42.9. The first kappa shape index (κ1) is 28.4. The van der Waals surface area contributed by atoms with Crippen LogP contribution in [-0.2, 0) is 0 Å². The molecule has 0 fully saturated rings. The van der Waals surface area contributed by atoms with Gasteiger partial charge in [-0.05, 0) is 66.2 Å².